The number of hydrogen-bond acceptors (Lipinski definition) is 6. The van der Waals surface area contributed by atoms with E-state index in [0.717, 1.165) is 55.9 Å². The minimum absolute atomic E-state index is 0.159. The Bertz CT molecular complexity index is 880. The first-order valence-corrected chi connectivity index (χ1v) is 11.9. The highest BCUT2D eigenvalue weighted by Gasteiger charge is 2.35. The van der Waals surface area contributed by atoms with Crippen LogP contribution in [0.4, 0.5) is 5.69 Å². The van der Waals surface area contributed by atoms with E-state index < -0.39 is 0 Å². The molecule has 0 spiro atoms. The molecule has 30 heavy (non-hydrogen) atoms. The van der Waals surface area contributed by atoms with Crippen molar-refractivity contribution >= 4 is 23.1 Å². The van der Waals surface area contributed by atoms with E-state index in [2.05, 4.69) is 60.7 Å². The number of rotatable bonds is 6. The van der Waals surface area contributed by atoms with Crippen LogP contribution in [0.3, 0.4) is 0 Å². The Morgan fingerprint density at radius 1 is 1.00 bits per heavy atom. The molecule has 0 radical (unpaired) electrons. The highest BCUT2D eigenvalue weighted by atomic mass is 32.1. The lowest BCUT2D eigenvalue weighted by atomic mass is 9.91. The third-order valence-corrected chi connectivity index (χ3v) is 7.45. The number of piperidine rings is 1. The average Bonchev–Trinajstić information content (AvgIpc) is 3.16. The van der Waals surface area contributed by atoms with E-state index in [9.17, 15) is 0 Å². The molecule has 6 heteroatoms. The third-order valence-electron chi connectivity index (χ3n) is 6.30. The van der Waals surface area contributed by atoms with E-state index in [4.69, 9.17) is 14.5 Å². The van der Waals surface area contributed by atoms with Gasteiger partial charge in [0.1, 0.15) is 5.01 Å². The fourth-order valence-corrected chi connectivity index (χ4v) is 5.50. The Morgan fingerprint density at radius 2 is 1.73 bits per heavy atom. The number of fused-ring (bicyclic) bond motifs is 1. The highest BCUT2D eigenvalue weighted by Crippen LogP contribution is 2.35. The Hall–Kier alpha value is -1.73. The first kappa shape index (κ1) is 20.2. The van der Waals surface area contributed by atoms with Crippen molar-refractivity contribution in [3.63, 3.8) is 0 Å². The molecule has 1 saturated heterocycles. The smallest absolute Gasteiger partial charge is 0.124 e. The molecule has 2 aromatic rings. The minimum atomic E-state index is 0.159. The van der Waals surface area contributed by atoms with Crippen LogP contribution in [0.2, 0.25) is 0 Å². The van der Waals surface area contributed by atoms with Crippen LogP contribution >= 0.6 is 11.3 Å². The van der Waals surface area contributed by atoms with Crippen LogP contribution in [-0.4, -0.2) is 56.6 Å². The van der Waals surface area contributed by atoms with Crippen molar-refractivity contribution in [2.45, 2.75) is 56.5 Å². The lowest BCUT2D eigenvalue weighted by Gasteiger charge is -2.39. The zero-order valence-corrected chi connectivity index (χ0v) is 18.7. The van der Waals surface area contributed by atoms with Gasteiger partial charge < -0.3 is 19.7 Å². The maximum absolute atomic E-state index is 6.35. The fourth-order valence-electron chi connectivity index (χ4n) is 4.40. The summed E-state index contributed by atoms with van der Waals surface area (Å²) in [5.74, 6) is 0. The van der Waals surface area contributed by atoms with Gasteiger partial charge in [-0.3, -0.25) is 0 Å². The molecule has 160 valence electrons. The van der Waals surface area contributed by atoms with Gasteiger partial charge in [-0.25, -0.2) is 4.98 Å². The van der Waals surface area contributed by atoms with Gasteiger partial charge in [0, 0.05) is 36.6 Å². The second-order valence-corrected chi connectivity index (χ2v) is 9.89. The molecular formula is C24H31N3O2S. The van der Waals surface area contributed by atoms with E-state index in [0.29, 0.717) is 18.3 Å². The van der Waals surface area contributed by atoms with E-state index >= 15 is 0 Å². The van der Waals surface area contributed by atoms with Gasteiger partial charge in [0.15, 0.2) is 0 Å². The van der Waals surface area contributed by atoms with E-state index in [1.807, 2.05) is 0 Å². The zero-order chi connectivity index (χ0) is 20.5. The van der Waals surface area contributed by atoms with Gasteiger partial charge in [0.2, 0.25) is 0 Å². The van der Waals surface area contributed by atoms with Crippen LogP contribution in [-0.2, 0) is 15.9 Å². The summed E-state index contributed by atoms with van der Waals surface area (Å²) in [5, 5.41) is 4.49. The molecular weight excluding hydrogens is 394 g/mol. The minimum Gasteiger partial charge on any atom is -0.378 e. The van der Waals surface area contributed by atoms with Gasteiger partial charge in [-0.1, -0.05) is 6.08 Å². The molecule has 1 aliphatic heterocycles. The Kier molecular flexibility index (Phi) is 5.92. The summed E-state index contributed by atoms with van der Waals surface area (Å²) in [7, 11) is 4.12. The molecule has 2 heterocycles. The Balaban J connectivity index is 1.14. The molecule has 1 atom stereocenters. The molecule has 1 saturated carbocycles. The lowest BCUT2D eigenvalue weighted by Crippen LogP contribution is -2.43. The molecule has 5 rings (SSSR count). The average molecular weight is 426 g/mol. The van der Waals surface area contributed by atoms with Crippen molar-refractivity contribution in [1.82, 2.24) is 10.3 Å². The summed E-state index contributed by atoms with van der Waals surface area (Å²) in [6, 6.07) is 8.62. The molecule has 1 N–H and O–H groups in total. The SMILES string of the molecule is CN(C)c1ccc(-c2nc3c(s2)CC(OC2CC(OC4CCNCC4)C2)C=C3)cc1. The van der Waals surface area contributed by atoms with Gasteiger partial charge >= 0.3 is 0 Å². The molecule has 1 aromatic heterocycles. The van der Waals surface area contributed by atoms with Crippen molar-refractivity contribution in [3.05, 3.63) is 40.9 Å². The first-order valence-electron chi connectivity index (χ1n) is 11.1. The molecule has 0 amide bonds. The normalized spacial score (nSPS) is 26.3. The number of hydrogen-bond donors (Lipinski definition) is 1. The molecule has 0 bridgehead atoms. The van der Waals surface area contributed by atoms with Gasteiger partial charge in [0.05, 0.1) is 30.1 Å². The van der Waals surface area contributed by atoms with Crippen LogP contribution < -0.4 is 10.2 Å². The first-order chi connectivity index (χ1) is 14.6. The summed E-state index contributed by atoms with van der Waals surface area (Å²) < 4.78 is 12.6. The van der Waals surface area contributed by atoms with Crippen molar-refractivity contribution in [1.29, 1.82) is 0 Å². The summed E-state index contributed by atoms with van der Waals surface area (Å²) in [6.45, 7) is 2.17. The van der Waals surface area contributed by atoms with Crippen molar-refractivity contribution in [2.75, 3.05) is 32.1 Å². The lowest BCUT2D eigenvalue weighted by molar-refractivity contribution is -0.140. The van der Waals surface area contributed by atoms with Gasteiger partial charge in [-0.2, -0.15) is 0 Å². The molecule has 2 aliphatic carbocycles. The molecule has 5 nitrogen and oxygen atoms in total. The van der Waals surface area contributed by atoms with Crippen LogP contribution in [0.1, 0.15) is 36.3 Å². The molecule has 2 fully saturated rings. The van der Waals surface area contributed by atoms with Crippen LogP contribution in [0.25, 0.3) is 16.6 Å². The number of anilines is 1. The van der Waals surface area contributed by atoms with E-state index in [1.165, 1.54) is 16.1 Å². The summed E-state index contributed by atoms with van der Waals surface area (Å²) in [4.78, 5) is 8.30. The van der Waals surface area contributed by atoms with E-state index in [-0.39, 0.29) is 6.10 Å². The maximum atomic E-state index is 6.35. The van der Waals surface area contributed by atoms with Crippen LogP contribution in [0, 0.1) is 0 Å². The van der Waals surface area contributed by atoms with Crippen molar-refractivity contribution in [3.8, 4) is 10.6 Å². The van der Waals surface area contributed by atoms with Crippen LogP contribution in [0.15, 0.2) is 30.3 Å². The summed E-state index contributed by atoms with van der Waals surface area (Å²) in [6.07, 6.45) is 10.9. The number of nitrogens with zero attached hydrogens (tertiary/aromatic N) is 2. The Morgan fingerprint density at radius 3 is 2.47 bits per heavy atom. The monoisotopic (exact) mass is 425 g/mol. The predicted octanol–water partition coefficient (Wildman–Crippen LogP) is 4.13. The van der Waals surface area contributed by atoms with Crippen molar-refractivity contribution < 1.29 is 9.47 Å². The van der Waals surface area contributed by atoms with Gasteiger partial charge in [-0.05, 0) is 69.1 Å². The van der Waals surface area contributed by atoms with Crippen molar-refractivity contribution in [2.24, 2.45) is 0 Å². The van der Waals surface area contributed by atoms with E-state index in [1.54, 1.807) is 11.3 Å². The standard InChI is InChI=1S/C24H31N3O2S/c1-27(2)17-5-3-16(4-6-17)24-26-22-8-7-19(15-23(22)30-24)29-21-13-20(14-21)28-18-9-11-25-12-10-18/h3-8,18-21,25H,9-15H2,1-2H3. The van der Waals surface area contributed by atoms with Crippen LogP contribution in [0.5, 0.6) is 0 Å². The number of thiazole rings is 1. The molecule has 1 unspecified atom stereocenters. The second kappa shape index (κ2) is 8.79. The number of ether oxygens (including phenoxy) is 2. The second-order valence-electron chi connectivity index (χ2n) is 8.81. The number of nitrogens with one attached hydrogen (secondary N) is 1. The molecule has 3 aliphatic rings. The maximum Gasteiger partial charge on any atom is 0.124 e. The third kappa shape index (κ3) is 4.47. The number of aromatic nitrogens is 1. The van der Waals surface area contributed by atoms with Gasteiger partial charge in [-0.15, -0.1) is 11.3 Å². The zero-order valence-electron chi connectivity index (χ0n) is 17.8. The molecule has 1 aromatic carbocycles. The highest BCUT2D eigenvalue weighted by molar-refractivity contribution is 7.15. The topological polar surface area (TPSA) is 46.6 Å². The predicted molar refractivity (Wildman–Crippen MR) is 123 cm³/mol. The summed E-state index contributed by atoms with van der Waals surface area (Å²) in [5.41, 5.74) is 3.49. The Labute approximate surface area is 183 Å². The fraction of sp³-hybridized carbons (Fsp3) is 0.542. The van der Waals surface area contributed by atoms with Gasteiger partial charge in [0.25, 0.3) is 0 Å². The number of benzene rings is 1. The largest absolute Gasteiger partial charge is 0.378 e. The quantitative estimate of drug-likeness (QED) is 0.754. The summed E-state index contributed by atoms with van der Waals surface area (Å²) >= 11 is 1.80.